The third kappa shape index (κ3) is 6.47. The lowest BCUT2D eigenvalue weighted by Crippen LogP contribution is -2.47. The smallest absolute Gasteiger partial charge is 0.344 e. The van der Waals surface area contributed by atoms with Crippen molar-refractivity contribution in [3.63, 3.8) is 0 Å². The molecule has 0 aromatic rings. The average molecular weight is 425 g/mol. The molecule has 0 heterocycles. The van der Waals surface area contributed by atoms with Gasteiger partial charge in [-0.2, -0.15) is 0 Å². The third-order valence-corrected chi connectivity index (χ3v) is 7.90. The van der Waals surface area contributed by atoms with Gasteiger partial charge >= 0.3 is 11.9 Å². The van der Waals surface area contributed by atoms with Gasteiger partial charge < -0.3 is 9.47 Å². The first kappa shape index (κ1) is 27.0. The fourth-order valence-corrected chi connectivity index (χ4v) is 5.26. The van der Waals surface area contributed by atoms with Gasteiger partial charge in [0.05, 0.1) is 5.41 Å². The molecule has 1 atom stereocenters. The van der Waals surface area contributed by atoms with Gasteiger partial charge in [0.1, 0.15) is 5.60 Å². The molecule has 0 radical (unpaired) electrons. The molecule has 0 amide bonds. The molecule has 0 bridgehead atoms. The summed E-state index contributed by atoms with van der Waals surface area (Å²) in [4.78, 5) is 26.0. The molecule has 1 rings (SSSR count). The Morgan fingerprint density at radius 3 is 1.80 bits per heavy atom. The number of esters is 2. The van der Waals surface area contributed by atoms with Crippen molar-refractivity contribution in [3.05, 3.63) is 0 Å². The first-order chi connectivity index (χ1) is 13.8. The summed E-state index contributed by atoms with van der Waals surface area (Å²) in [6.45, 7) is 18.6. The van der Waals surface area contributed by atoms with E-state index in [9.17, 15) is 9.59 Å². The van der Waals surface area contributed by atoms with E-state index in [1.165, 1.54) is 19.3 Å². The van der Waals surface area contributed by atoms with E-state index in [0.717, 1.165) is 32.1 Å². The Bertz CT molecular complexity index is 562. The van der Waals surface area contributed by atoms with Crippen molar-refractivity contribution in [1.82, 2.24) is 0 Å². The van der Waals surface area contributed by atoms with Crippen molar-refractivity contribution < 1.29 is 19.1 Å². The Kier molecular flexibility index (Phi) is 9.44. The quantitative estimate of drug-likeness (QED) is 0.351. The minimum atomic E-state index is -0.670. The standard InChI is InChI=1S/C26H48O4/c1-10-24(7,8)25(9,19-23(4,5)6)22(28)29-18-21(27)30-26(11-2,12-3)20-16-14-13-15-17-20/h20H,10-19H2,1-9H3. The molecule has 0 aliphatic heterocycles. The highest BCUT2D eigenvalue weighted by molar-refractivity contribution is 5.81. The van der Waals surface area contributed by atoms with E-state index < -0.39 is 17.0 Å². The summed E-state index contributed by atoms with van der Waals surface area (Å²) in [5.74, 6) is -0.298. The van der Waals surface area contributed by atoms with Crippen molar-refractivity contribution in [3.8, 4) is 0 Å². The van der Waals surface area contributed by atoms with E-state index in [-0.39, 0.29) is 23.4 Å². The highest BCUT2D eigenvalue weighted by Crippen LogP contribution is 2.49. The van der Waals surface area contributed by atoms with Gasteiger partial charge in [0.25, 0.3) is 0 Å². The molecule has 4 heteroatoms. The van der Waals surface area contributed by atoms with Gasteiger partial charge in [-0.25, -0.2) is 4.79 Å². The number of carbonyl (C=O) groups is 2. The first-order valence-electron chi connectivity index (χ1n) is 12.2. The fourth-order valence-electron chi connectivity index (χ4n) is 5.26. The van der Waals surface area contributed by atoms with Gasteiger partial charge in [-0.1, -0.05) is 74.7 Å². The molecule has 4 nitrogen and oxygen atoms in total. The molecule has 1 unspecified atom stereocenters. The van der Waals surface area contributed by atoms with Crippen LogP contribution in [0.1, 0.15) is 120 Å². The zero-order chi connectivity index (χ0) is 23.2. The molecule has 0 aromatic heterocycles. The van der Waals surface area contributed by atoms with Crippen LogP contribution in [0.4, 0.5) is 0 Å². The average Bonchev–Trinajstić information content (AvgIpc) is 2.69. The summed E-state index contributed by atoms with van der Waals surface area (Å²) in [5, 5.41) is 0. The molecule has 1 aliphatic carbocycles. The predicted molar refractivity (Wildman–Crippen MR) is 123 cm³/mol. The minimum Gasteiger partial charge on any atom is -0.456 e. The van der Waals surface area contributed by atoms with Crippen LogP contribution in [0.15, 0.2) is 0 Å². The minimum absolute atomic E-state index is 0.0265. The van der Waals surface area contributed by atoms with E-state index in [2.05, 4.69) is 55.4 Å². The number of carbonyl (C=O) groups excluding carboxylic acids is 2. The van der Waals surface area contributed by atoms with E-state index in [1.807, 2.05) is 6.92 Å². The Labute approximate surface area is 185 Å². The summed E-state index contributed by atoms with van der Waals surface area (Å²) in [7, 11) is 0. The molecule has 1 saturated carbocycles. The summed E-state index contributed by atoms with van der Waals surface area (Å²) in [6, 6.07) is 0. The number of ether oxygens (including phenoxy) is 2. The van der Waals surface area contributed by atoms with E-state index in [4.69, 9.17) is 9.47 Å². The van der Waals surface area contributed by atoms with Gasteiger partial charge in [-0.15, -0.1) is 0 Å². The fraction of sp³-hybridized carbons (Fsp3) is 0.923. The summed E-state index contributed by atoms with van der Waals surface area (Å²) in [6.07, 6.45) is 9.07. The summed E-state index contributed by atoms with van der Waals surface area (Å²) in [5.41, 5.74) is -1.36. The van der Waals surface area contributed by atoms with Gasteiger partial charge in [0, 0.05) is 0 Å². The number of rotatable bonds is 10. The molecule has 0 N–H and O–H groups in total. The lowest BCUT2D eigenvalue weighted by Gasteiger charge is -2.45. The van der Waals surface area contributed by atoms with Crippen LogP contribution in [0.2, 0.25) is 0 Å². The highest BCUT2D eigenvalue weighted by atomic mass is 16.6. The van der Waals surface area contributed by atoms with Gasteiger partial charge in [-0.05, 0) is 62.2 Å². The highest BCUT2D eigenvalue weighted by Gasteiger charge is 2.49. The molecule has 176 valence electrons. The summed E-state index contributed by atoms with van der Waals surface area (Å²) < 4.78 is 11.6. The molecular formula is C26H48O4. The van der Waals surface area contributed by atoms with Crippen LogP contribution in [0, 0.1) is 22.2 Å². The van der Waals surface area contributed by atoms with Crippen LogP contribution < -0.4 is 0 Å². The number of hydrogen-bond acceptors (Lipinski definition) is 4. The van der Waals surface area contributed by atoms with Crippen molar-refractivity contribution in [2.75, 3.05) is 6.61 Å². The Hall–Kier alpha value is -1.06. The van der Waals surface area contributed by atoms with E-state index >= 15 is 0 Å². The Morgan fingerprint density at radius 2 is 1.37 bits per heavy atom. The Balaban J connectivity index is 2.88. The maximum absolute atomic E-state index is 13.2. The van der Waals surface area contributed by atoms with E-state index in [1.54, 1.807) is 0 Å². The van der Waals surface area contributed by atoms with Crippen LogP contribution in [-0.4, -0.2) is 24.1 Å². The van der Waals surface area contributed by atoms with Crippen LogP contribution in [0.3, 0.4) is 0 Å². The normalized spacial score (nSPS) is 18.6. The van der Waals surface area contributed by atoms with Crippen molar-refractivity contribution in [1.29, 1.82) is 0 Å². The van der Waals surface area contributed by atoms with Gasteiger partial charge in [0.15, 0.2) is 6.61 Å². The van der Waals surface area contributed by atoms with Crippen molar-refractivity contribution in [2.45, 2.75) is 126 Å². The topological polar surface area (TPSA) is 52.6 Å². The zero-order valence-electron chi connectivity index (χ0n) is 21.3. The molecule has 0 aromatic carbocycles. The summed E-state index contributed by atoms with van der Waals surface area (Å²) >= 11 is 0. The monoisotopic (exact) mass is 424 g/mol. The van der Waals surface area contributed by atoms with Crippen LogP contribution in [0.5, 0.6) is 0 Å². The van der Waals surface area contributed by atoms with Crippen LogP contribution in [-0.2, 0) is 19.1 Å². The SMILES string of the molecule is CCC(CC)(OC(=O)COC(=O)C(C)(CC(C)(C)C)C(C)(C)CC)C1CCCCC1. The maximum atomic E-state index is 13.2. The van der Waals surface area contributed by atoms with E-state index in [0.29, 0.717) is 12.3 Å². The number of hydrogen-bond donors (Lipinski definition) is 0. The van der Waals surface area contributed by atoms with Gasteiger partial charge in [0.2, 0.25) is 0 Å². The molecule has 1 aliphatic rings. The Morgan fingerprint density at radius 1 is 0.833 bits per heavy atom. The second-order valence-electron chi connectivity index (χ2n) is 11.5. The largest absolute Gasteiger partial charge is 0.456 e. The lowest BCUT2D eigenvalue weighted by atomic mass is 9.59. The van der Waals surface area contributed by atoms with Crippen LogP contribution >= 0.6 is 0 Å². The van der Waals surface area contributed by atoms with Crippen LogP contribution in [0.25, 0.3) is 0 Å². The second kappa shape index (κ2) is 10.5. The van der Waals surface area contributed by atoms with Crippen molar-refractivity contribution >= 4 is 11.9 Å². The first-order valence-corrected chi connectivity index (χ1v) is 12.2. The molecular weight excluding hydrogens is 376 g/mol. The lowest BCUT2D eigenvalue weighted by molar-refractivity contribution is -0.184. The maximum Gasteiger partial charge on any atom is 0.344 e. The molecule has 0 saturated heterocycles. The van der Waals surface area contributed by atoms with Crippen molar-refractivity contribution in [2.24, 2.45) is 22.2 Å². The molecule has 0 spiro atoms. The molecule has 30 heavy (non-hydrogen) atoms. The third-order valence-electron chi connectivity index (χ3n) is 7.90. The molecule has 1 fully saturated rings. The van der Waals surface area contributed by atoms with Gasteiger partial charge in [-0.3, -0.25) is 4.79 Å². The zero-order valence-corrected chi connectivity index (χ0v) is 21.3. The second-order valence-corrected chi connectivity index (χ2v) is 11.5. The predicted octanol–water partition coefficient (Wildman–Crippen LogP) is 7.09.